The van der Waals surface area contributed by atoms with Crippen LogP contribution in [0.1, 0.15) is 25.3 Å². The minimum Gasteiger partial charge on any atom is -0.310 e. The smallest absolute Gasteiger partial charge is 0.113 e. The number of nitrogens with one attached hydrogen (secondary N) is 1. The van der Waals surface area contributed by atoms with Gasteiger partial charge in [-0.15, -0.1) is 11.3 Å². The summed E-state index contributed by atoms with van der Waals surface area (Å²) in [6.07, 6.45) is 2.91. The molecule has 0 aliphatic rings. The highest BCUT2D eigenvalue weighted by Gasteiger charge is 1.99. The fraction of sp³-hybridized carbons (Fsp3) is 0.667. The molecular formula is C9H15ClN2S. The third kappa shape index (κ3) is 4.60. The van der Waals surface area contributed by atoms with Gasteiger partial charge in [0.05, 0.1) is 6.20 Å². The molecule has 13 heavy (non-hydrogen) atoms. The van der Waals surface area contributed by atoms with Crippen LogP contribution in [0, 0.1) is 5.92 Å². The van der Waals surface area contributed by atoms with Crippen molar-refractivity contribution in [2.24, 2.45) is 5.92 Å². The van der Waals surface area contributed by atoms with Crippen LogP contribution in [-0.4, -0.2) is 11.5 Å². The largest absolute Gasteiger partial charge is 0.310 e. The summed E-state index contributed by atoms with van der Waals surface area (Å²) in [4.78, 5) is 4.16. The summed E-state index contributed by atoms with van der Waals surface area (Å²) in [5.41, 5.74) is 0. The van der Waals surface area contributed by atoms with Gasteiger partial charge in [-0.1, -0.05) is 25.4 Å². The number of rotatable bonds is 5. The highest BCUT2D eigenvalue weighted by atomic mass is 35.5. The van der Waals surface area contributed by atoms with E-state index in [9.17, 15) is 0 Å². The van der Waals surface area contributed by atoms with Gasteiger partial charge in [0, 0.05) is 6.54 Å². The molecule has 0 saturated heterocycles. The summed E-state index contributed by atoms with van der Waals surface area (Å²) in [7, 11) is 0. The molecule has 0 aliphatic heterocycles. The maximum Gasteiger partial charge on any atom is 0.113 e. The van der Waals surface area contributed by atoms with Gasteiger partial charge in [0.1, 0.15) is 9.34 Å². The van der Waals surface area contributed by atoms with Crippen molar-refractivity contribution in [3.63, 3.8) is 0 Å². The maximum atomic E-state index is 5.75. The Balaban J connectivity index is 2.13. The number of nitrogens with zero attached hydrogens (tertiary/aromatic N) is 1. The van der Waals surface area contributed by atoms with Crippen molar-refractivity contribution in [1.82, 2.24) is 10.3 Å². The molecule has 1 heterocycles. The van der Waals surface area contributed by atoms with Crippen LogP contribution in [0.3, 0.4) is 0 Å². The van der Waals surface area contributed by atoms with Gasteiger partial charge in [-0.3, -0.25) is 0 Å². The number of aromatic nitrogens is 1. The molecule has 0 amide bonds. The van der Waals surface area contributed by atoms with Crippen LogP contribution >= 0.6 is 22.9 Å². The molecule has 0 unspecified atom stereocenters. The van der Waals surface area contributed by atoms with Gasteiger partial charge >= 0.3 is 0 Å². The minimum atomic E-state index is 0.757. The second-order valence-corrected chi connectivity index (χ2v) is 5.16. The topological polar surface area (TPSA) is 24.9 Å². The molecule has 0 radical (unpaired) electrons. The summed E-state index contributed by atoms with van der Waals surface area (Å²) in [6.45, 7) is 6.34. The van der Waals surface area contributed by atoms with E-state index in [0.717, 1.165) is 28.4 Å². The zero-order valence-corrected chi connectivity index (χ0v) is 9.58. The summed E-state index contributed by atoms with van der Waals surface area (Å²) < 4.78 is 0.764. The molecule has 0 saturated carbocycles. The van der Waals surface area contributed by atoms with E-state index in [0.29, 0.717) is 0 Å². The third-order valence-electron chi connectivity index (χ3n) is 1.70. The van der Waals surface area contributed by atoms with Crippen molar-refractivity contribution < 1.29 is 0 Å². The molecule has 4 heteroatoms. The van der Waals surface area contributed by atoms with Gasteiger partial charge in [-0.2, -0.15) is 0 Å². The Hall–Kier alpha value is -0.120. The standard InChI is InChI=1S/C9H15ClN2S/c1-7(2)3-4-11-6-9-12-5-8(10)13-9/h5,7,11H,3-4,6H2,1-2H3. The second kappa shape index (κ2) is 5.58. The lowest BCUT2D eigenvalue weighted by molar-refractivity contribution is 0.537. The molecule has 1 aromatic heterocycles. The molecule has 1 aromatic rings. The molecule has 0 aromatic carbocycles. The van der Waals surface area contributed by atoms with Gasteiger partial charge in [0.15, 0.2) is 0 Å². The van der Waals surface area contributed by atoms with Gasteiger partial charge < -0.3 is 5.32 Å². The van der Waals surface area contributed by atoms with Crippen molar-refractivity contribution in [2.75, 3.05) is 6.54 Å². The van der Waals surface area contributed by atoms with E-state index in [-0.39, 0.29) is 0 Å². The molecule has 0 aliphatic carbocycles. The minimum absolute atomic E-state index is 0.757. The first kappa shape index (κ1) is 11.0. The predicted molar refractivity (Wildman–Crippen MR) is 58.3 cm³/mol. The fourth-order valence-corrected chi connectivity index (χ4v) is 1.88. The molecule has 0 atom stereocenters. The lowest BCUT2D eigenvalue weighted by Crippen LogP contribution is -2.15. The lowest BCUT2D eigenvalue weighted by atomic mass is 10.1. The first-order valence-corrected chi connectivity index (χ1v) is 5.69. The van der Waals surface area contributed by atoms with Crippen molar-refractivity contribution in [3.8, 4) is 0 Å². The molecule has 0 spiro atoms. The highest BCUT2D eigenvalue weighted by Crippen LogP contribution is 2.17. The molecule has 1 N–H and O–H groups in total. The second-order valence-electron chi connectivity index (χ2n) is 3.42. The van der Waals surface area contributed by atoms with E-state index >= 15 is 0 Å². The van der Waals surface area contributed by atoms with Crippen LogP contribution in [-0.2, 0) is 6.54 Å². The number of halogens is 1. The Kier molecular flexibility index (Phi) is 4.70. The van der Waals surface area contributed by atoms with Crippen molar-refractivity contribution in [2.45, 2.75) is 26.8 Å². The average Bonchev–Trinajstić information content (AvgIpc) is 2.45. The van der Waals surface area contributed by atoms with Gasteiger partial charge in [0.25, 0.3) is 0 Å². The number of thiazole rings is 1. The molecule has 74 valence electrons. The molecule has 1 rings (SSSR count). The van der Waals surface area contributed by atoms with Crippen molar-refractivity contribution in [3.05, 3.63) is 15.5 Å². The van der Waals surface area contributed by atoms with Gasteiger partial charge in [-0.05, 0) is 18.9 Å². The van der Waals surface area contributed by atoms with E-state index in [1.807, 2.05) is 0 Å². The monoisotopic (exact) mass is 218 g/mol. The third-order valence-corrected chi connectivity index (χ3v) is 2.81. The summed E-state index contributed by atoms with van der Waals surface area (Å²) in [5, 5.41) is 4.40. The predicted octanol–water partition coefficient (Wildman–Crippen LogP) is 2.93. The number of hydrogen-bond acceptors (Lipinski definition) is 3. The lowest BCUT2D eigenvalue weighted by Gasteiger charge is -2.04. The Labute approximate surface area is 88.3 Å². The van der Waals surface area contributed by atoms with E-state index in [1.54, 1.807) is 6.20 Å². The highest BCUT2D eigenvalue weighted by molar-refractivity contribution is 7.15. The van der Waals surface area contributed by atoms with Gasteiger partial charge in [0.2, 0.25) is 0 Å². The quantitative estimate of drug-likeness (QED) is 0.769. The summed E-state index contributed by atoms with van der Waals surface area (Å²) in [5.74, 6) is 0.757. The Morgan fingerprint density at radius 3 is 2.92 bits per heavy atom. The zero-order valence-electron chi connectivity index (χ0n) is 8.01. The first-order valence-electron chi connectivity index (χ1n) is 4.49. The maximum absolute atomic E-state index is 5.75. The Morgan fingerprint density at radius 2 is 2.38 bits per heavy atom. The van der Waals surface area contributed by atoms with E-state index in [2.05, 4.69) is 24.1 Å². The summed E-state index contributed by atoms with van der Waals surface area (Å²) in [6, 6.07) is 0. The Morgan fingerprint density at radius 1 is 1.62 bits per heavy atom. The average molecular weight is 219 g/mol. The molecule has 0 bridgehead atoms. The number of hydrogen-bond donors (Lipinski definition) is 1. The van der Waals surface area contributed by atoms with Crippen molar-refractivity contribution >= 4 is 22.9 Å². The van der Waals surface area contributed by atoms with Crippen molar-refractivity contribution in [1.29, 1.82) is 0 Å². The zero-order chi connectivity index (χ0) is 9.68. The van der Waals surface area contributed by atoms with Crippen LogP contribution in [0.15, 0.2) is 6.20 Å². The van der Waals surface area contributed by atoms with Crippen LogP contribution in [0.2, 0.25) is 4.34 Å². The Bertz CT molecular complexity index is 248. The van der Waals surface area contributed by atoms with E-state index in [1.165, 1.54) is 17.8 Å². The molecular weight excluding hydrogens is 204 g/mol. The van der Waals surface area contributed by atoms with E-state index < -0.39 is 0 Å². The molecule has 0 fully saturated rings. The normalized spacial score (nSPS) is 11.1. The first-order chi connectivity index (χ1) is 6.18. The van der Waals surface area contributed by atoms with Gasteiger partial charge in [-0.25, -0.2) is 4.98 Å². The van der Waals surface area contributed by atoms with Crippen LogP contribution in [0.5, 0.6) is 0 Å². The van der Waals surface area contributed by atoms with Crippen LogP contribution in [0.25, 0.3) is 0 Å². The SMILES string of the molecule is CC(C)CCNCc1ncc(Cl)s1. The fourth-order valence-electron chi connectivity index (χ4n) is 0.956. The van der Waals surface area contributed by atoms with Crippen LogP contribution < -0.4 is 5.32 Å². The van der Waals surface area contributed by atoms with E-state index in [4.69, 9.17) is 11.6 Å². The summed E-state index contributed by atoms with van der Waals surface area (Å²) >= 11 is 7.29. The van der Waals surface area contributed by atoms with Crippen LogP contribution in [0.4, 0.5) is 0 Å². The molecule has 2 nitrogen and oxygen atoms in total.